The van der Waals surface area contributed by atoms with E-state index in [4.69, 9.17) is 17.0 Å². The van der Waals surface area contributed by atoms with Crippen LogP contribution in [0.2, 0.25) is 0 Å². The second-order valence-electron chi connectivity index (χ2n) is 6.93. The van der Waals surface area contributed by atoms with E-state index in [-0.39, 0.29) is 6.10 Å². The van der Waals surface area contributed by atoms with Crippen LogP contribution < -0.4 is 15.0 Å². The summed E-state index contributed by atoms with van der Waals surface area (Å²) < 4.78 is 6.20. The predicted octanol–water partition coefficient (Wildman–Crippen LogP) is 4.22. The highest BCUT2D eigenvalue weighted by atomic mass is 32.1. The standard InChI is InChI=1S/C21H27N3OS/c1-5-24-14-18(25-20-9-7-6-8-19(20)24)13-23(4)21(26)22-17-11-15(2)10-16(3)12-17/h6-12,18H,5,13-14H2,1-4H3,(H,22,26)/t18-/m1/s1. The van der Waals surface area contributed by atoms with Crippen LogP contribution in [0.25, 0.3) is 0 Å². The molecule has 5 heteroatoms. The second kappa shape index (κ2) is 7.96. The molecule has 1 atom stereocenters. The van der Waals surface area contributed by atoms with Gasteiger partial charge in [-0.2, -0.15) is 0 Å². The minimum atomic E-state index is 0.0776. The van der Waals surface area contributed by atoms with Crippen molar-refractivity contribution < 1.29 is 4.74 Å². The van der Waals surface area contributed by atoms with Crippen molar-refractivity contribution >= 4 is 28.7 Å². The van der Waals surface area contributed by atoms with Crippen LogP contribution in [0.3, 0.4) is 0 Å². The largest absolute Gasteiger partial charge is 0.485 e. The van der Waals surface area contributed by atoms with E-state index < -0.39 is 0 Å². The lowest BCUT2D eigenvalue weighted by molar-refractivity contribution is 0.169. The highest BCUT2D eigenvalue weighted by molar-refractivity contribution is 7.80. The zero-order valence-electron chi connectivity index (χ0n) is 16.0. The van der Waals surface area contributed by atoms with Gasteiger partial charge in [0.15, 0.2) is 5.11 Å². The smallest absolute Gasteiger partial charge is 0.173 e. The number of hydrogen-bond acceptors (Lipinski definition) is 3. The number of anilines is 2. The van der Waals surface area contributed by atoms with Gasteiger partial charge in [0.2, 0.25) is 0 Å². The zero-order chi connectivity index (χ0) is 18.7. The first-order valence-corrected chi connectivity index (χ1v) is 9.48. The Labute approximate surface area is 161 Å². The number of benzene rings is 2. The average molecular weight is 370 g/mol. The summed E-state index contributed by atoms with van der Waals surface area (Å²) in [5.74, 6) is 0.951. The summed E-state index contributed by atoms with van der Waals surface area (Å²) in [5, 5.41) is 4.05. The van der Waals surface area contributed by atoms with Gasteiger partial charge in [-0.1, -0.05) is 18.2 Å². The quantitative estimate of drug-likeness (QED) is 0.815. The number of hydrogen-bond donors (Lipinski definition) is 1. The lowest BCUT2D eigenvalue weighted by atomic mass is 10.1. The number of aryl methyl sites for hydroxylation is 2. The first kappa shape index (κ1) is 18.5. The van der Waals surface area contributed by atoms with E-state index in [2.05, 4.69) is 66.2 Å². The first-order valence-electron chi connectivity index (χ1n) is 9.07. The molecule has 138 valence electrons. The van der Waals surface area contributed by atoms with Crippen molar-refractivity contribution in [1.82, 2.24) is 4.90 Å². The molecule has 26 heavy (non-hydrogen) atoms. The Morgan fingerprint density at radius 3 is 2.62 bits per heavy atom. The van der Waals surface area contributed by atoms with Crippen molar-refractivity contribution in [2.24, 2.45) is 0 Å². The molecule has 0 aromatic heterocycles. The van der Waals surface area contributed by atoms with E-state index >= 15 is 0 Å². The Bertz CT molecular complexity index is 772. The van der Waals surface area contributed by atoms with Crippen molar-refractivity contribution in [2.45, 2.75) is 26.9 Å². The maximum absolute atomic E-state index is 6.20. The summed E-state index contributed by atoms with van der Waals surface area (Å²) in [5.41, 5.74) is 4.65. The highest BCUT2D eigenvalue weighted by Crippen LogP contribution is 2.32. The molecule has 2 aromatic carbocycles. The van der Waals surface area contributed by atoms with Crippen LogP contribution in [0.5, 0.6) is 5.75 Å². The molecule has 1 aliphatic heterocycles. The van der Waals surface area contributed by atoms with Crippen molar-refractivity contribution in [3.63, 3.8) is 0 Å². The Kier molecular flexibility index (Phi) is 5.67. The fourth-order valence-electron chi connectivity index (χ4n) is 3.43. The van der Waals surface area contributed by atoms with Gasteiger partial charge in [-0.05, 0) is 68.4 Å². The van der Waals surface area contributed by atoms with Gasteiger partial charge < -0.3 is 19.9 Å². The minimum Gasteiger partial charge on any atom is -0.485 e. The number of ether oxygens (including phenoxy) is 1. The van der Waals surface area contributed by atoms with Gasteiger partial charge >= 0.3 is 0 Å². The first-order chi connectivity index (χ1) is 12.5. The van der Waals surface area contributed by atoms with Gasteiger partial charge in [0.05, 0.1) is 18.8 Å². The van der Waals surface area contributed by atoms with Crippen LogP contribution in [0.4, 0.5) is 11.4 Å². The Morgan fingerprint density at radius 1 is 1.23 bits per heavy atom. The van der Waals surface area contributed by atoms with Crippen molar-refractivity contribution in [2.75, 3.05) is 36.9 Å². The maximum atomic E-state index is 6.20. The lowest BCUT2D eigenvalue weighted by Crippen LogP contribution is -2.47. The van der Waals surface area contributed by atoms with Gasteiger partial charge in [-0.15, -0.1) is 0 Å². The third kappa shape index (κ3) is 4.28. The molecular formula is C21H27N3OS. The molecule has 0 amide bonds. The minimum absolute atomic E-state index is 0.0776. The van der Waals surface area contributed by atoms with E-state index in [1.807, 2.05) is 19.2 Å². The summed E-state index contributed by atoms with van der Waals surface area (Å²) >= 11 is 5.60. The number of nitrogens with zero attached hydrogens (tertiary/aromatic N) is 2. The van der Waals surface area contributed by atoms with Gasteiger partial charge in [-0.25, -0.2) is 0 Å². The van der Waals surface area contributed by atoms with E-state index in [1.54, 1.807) is 0 Å². The molecule has 1 N–H and O–H groups in total. The molecule has 0 spiro atoms. The number of fused-ring (bicyclic) bond motifs is 1. The highest BCUT2D eigenvalue weighted by Gasteiger charge is 2.26. The van der Waals surface area contributed by atoms with E-state index in [0.717, 1.165) is 31.1 Å². The third-order valence-electron chi connectivity index (χ3n) is 4.60. The molecule has 0 radical (unpaired) electrons. The van der Waals surface area contributed by atoms with Crippen LogP contribution >= 0.6 is 12.2 Å². The number of nitrogens with one attached hydrogen (secondary N) is 1. The van der Waals surface area contributed by atoms with Gasteiger partial charge in [0.25, 0.3) is 0 Å². The monoisotopic (exact) mass is 369 g/mol. The lowest BCUT2D eigenvalue weighted by Gasteiger charge is -2.37. The summed E-state index contributed by atoms with van der Waals surface area (Å²) in [6.07, 6.45) is 0.0776. The van der Waals surface area contributed by atoms with Crippen LogP contribution in [-0.2, 0) is 0 Å². The van der Waals surface area contributed by atoms with Crippen molar-refractivity contribution in [1.29, 1.82) is 0 Å². The zero-order valence-corrected chi connectivity index (χ0v) is 16.8. The normalized spacial score (nSPS) is 15.8. The topological polar surface area (TPSA) is 27.7 Å². The molecule has 0 saturated carbocycles. The molecule has 0 aliphatic carbocycles. The molecule has 0 unspecified atom stereocenters. The van der Waals surface area contributed by atoms with Crippen LogP contribution in [0, 0.1) is 13.8 Å². The summed E-state index contributed by atoms with van der Waals surface area (Å²) in [6.45, 7) is 8.93. The van der Waals surface area contributed by atoms with E-state index in [0.29, 0.717) is 5.11 Å². The molecule has 0 bridgehead atoms. The van der Waals surface area contributed by atoms with Crippen LogP contribution in [-0.4, -0.2) is 42.8 Å². The molecule has 1 heterocycles. The van der Waals surface area contributed by atoms with Crippen molar-refractivity contribution in [3.8, 4) is 5.75 Å². The SMILES string of the molecule is CCN1C[C@@H](CN(C)C(=S)Nc2cc(C)cc(C)c2)Oc2ccccc21. The average Bonchev–Trinajstić information content (AvgIpc) is 2.60. The molecule has 2 aromatic rings. The van der Waals surface area contributed by atoms with Crippen LogP contribution in [0.15, 0.2) is 42.5 Å². The number of rotatable bonds is 4. The predicted molar refractivity (Wildman–Crippen MR) is 114 cm³/mol. The van der Waals surface area contributed by atoms with E-state index in [1.165, 1.54) is 16.8 Å². The molecule has 1 aliphatic rings. The number of thiocarbonyl (C=S) groups is 1. The molecule has 3 rings (SSSR count). The molecule has 0 fully saturated rings. The van der Waals surface area contributed by atoms with Gasteiger partial charge in [-0.3, -0.25) is 0 Å². The fourth-order valence-corrected chi connectivity index (χ4v) is 3.62. The number of likely N-dealkylation sites (N-methyl/N-ethyl adjacent to an activating group) is 2. The molecular weight excluding hydrogens is 342 g/mol. The van der Waals surface area contributed by atoms with Crippen molar-refractivity contribution in [3.05, 3.63) is 53.6 Å². The Hall–Kier alpha value is -2.27. The summed E-state index contributed by atoms with van der Waals surface area (Å²) in [4.78, 5) is 4.41. The second-order valence-corrected chi connectivity index (χ2v) is 7.32. The number of para-hydroxylation sites is 2. The fraction of sp³-hybridized carbons (Fsp3) is 0.381. The van der Waals surface area contributed by atoms with E-state index in [9.17, 15) is 0 Å². The van der Waals surface area contributed by atoms with Crippen LogP contribution in [0.1, 0.15) is 18.1 Å². The Morgan fingerprint density at radius 2 is 1.92 bits per heavy atom. The summed E-state index contributed by atoms with van der Waals surface area (Å²) in [6, 6.07) is 14.6. The third-order valence-corrected chi connectivity index (χ3v) is 5.02. The molecule has 4 nitrogen and oxygen atoms in total. The van der Waals surface area contributed by atoms with Gasteiger partial charge in [0.1, 0.15) is 11.9 Å². The Balaban J connectivity index is 1.64. The summed E-state index contributed by atoms with van der Waals surface area (Å²) in [7, 11) is 2.01. The maximum Gasteiger partial charge on any atom is 0.173 e. The van der Waals surface area contributed by atoms with Gasteiger partial charge in [0, 0.05) is 19.3 Å². The molecule has 0 saturated heterocycles.